The highest BCUT2D eigenvalue weighted by Gasteiger charge is 2.14. The smallest absolute Gasteiger partial charge is 0.0669 e. The van der Waals surface area contributed by atoms with E-state index in [2.05, 4.69) is 17.4 Å². The Balaban J connectivity index is 2.17. The molecule has 0 fully saturated rings. The third-order valence-corrected chi connectivity index (χ3v) is 3.21. The predicted octanol–water partition coefficient (Wildman–Crippen LogP) is 2.30. The number of rotatable bonds is 5. The Labute approximate surface area is 112 Å². The molecule has 0 bridgehead atoms. The van der Waals surface area contributed by atoms with Crippen LogP contribution >= 0.6 is 11.6 Å². The Morgan fingerprint density at radius 2 is 2.06 bits per heavy atom. The van der Waals surface area contributed by atoms with Crippen LogP contribution in [0, 0.1) is 0 Å². The first-order valence-electron chi connectivity index (χ1n) is 5.97. The fourth-order valence-corrected chi connectivity index (χ4v) is 2.13. The molecule has 1 unspecified atom stereocenters. The van der Waals surface area contributed by atoms with Gasteiger partial charge in [-0.15, -0.1) is 0 Å². The summed E-state index contributed by atoms with van der Waals surface area (Å²) < 4.78 is 1.94. The number of hydrogen-bond donors (Lipinski definition) is 2. The van der Waals surface area contributed by atoms with E-state index in [1.807, 2.05) is 35.0 Å². The summed E-state index contributed by atoms with van der Waals surface area (Å²) in [6, 6.07) is 9.85. The molecule has 2 rings (SSSR count). The summed E-state index contributed by atoms with van der Waals surface area (Å²) in [5.41, 5.74) is 5.13. The van der Waals surface area contributed by atoms with E-state index in [1.165, 1.54) is 5.56 Å². The number of halogens is 1. The third kappa shape index (κ3) is 2.90. The molecule has 1 atom stereocenters. The summed E-state index contributed by atoms with van der Waals surface area (Å²) in [5.74, 6) is 5.65. The number of nitrogens with zero attached hydrogens (tertiary/aromatic N) is 2. The lowest BCUT2D eigenvalue weighted by atomic mass is 10.0. The normalized spacial score (nSPS) is 12.6. The van der Waals surface area contributed by atoms with Gasteiger partial charge in [0.2, 0.25) is 0 Å². The van der Waals surface area contributed by atoms with Crippen LogP contribution in [0.15, 0.2) is 36.5 Å². The van der Waals surface area contributed by atoms with Gasteiger partial charge in [-0.05, 0) is 37.1 Å². The maximum Gasteiger partial charge on any atom is 0.0669 e. The topological polar surface area (TPSA) is 55.9 Å². The molecule has 1 heterocycles. The molecule has 0 amide bonds. The van der Waals surface area contributed by atoms with Gasteiger partial charge in [-0.3, -0.25) is 16.0 Å². The molecule has 1 aromatic heterocycles. The zero-order valence-corrected chi connectivity index (χ0v) is 11.1. The van der Waals surface area contributed by atoms with Crippen molar-refractivity contribution in [2.45, 2.75) is 25.9 Å². The average molecular weight is 265 g/mol. The van der Waals surface area contributed by atoms with Gasteiger partial charge in [-0.25, -0.2) is 0 Å². The van der Waals surface area contributed by atoms with Crippen LogP contribution in [0.3, 0.4) is 0 Å². The predicted molar refractivity (Wildman–Crippen MR) is 73.1 cm³/mol. The van der Waals surface area contributed by atoms with E-state index in [1.54, 1.807) is 6.20 Å². The molecular formula is C13H17ClN4. The first-order chi connectivity index (χ1) is 8.74. The summed E-state index contributed by atoms with van der Waals surface area (Å²) in [4.78, 5) is 0. The van der Waals surface area contributed by atoms with Crippen LogP contribution in [0.25, 0.3) is 0 Å². The molecule has 4 nitrogen and oxygen atoms in total. The van der Waals surface area contributed by atoms with Crippen LogP contribution < -0.4 is 11.3 Å². The van der Waals surface area contributed by atoms with E-state index in [4.69, 9.17) is 17.4 Å². The minimum atomic E-state index is 0.0497. The first-order valence-corrected chi connectivity index (χ1v) is 6.34. The van der Waals surface area contributed by atoms with Crippen LogP contribution in [-0.2, 0) is 13.0 Å². The highest BCUT2D eigenvalue weighted by Crippen LogP contribution is 2.19. The van der Waals surface area contributed by atoms with E-state index in [0.717, 1.165) is 23.7 Å². The summed E-state index contributed by atoms with van der Waals surface area (Å²) in [6.07, 6.45) is 2.60. The fourth-order valence-electron chi connectivity index (χ4n) is 2.01. The van der Waals surface area contributed by atoms with Crippen LogP contribution in [0.5, 0.6) is 0 Å². The van der Waals surface area contributed by atoms with Gasteiger partial charge < -0.3 is 0 Å². The molecule has 96 valence electrons. The van der Waals surface area contributed by atoms with E-state index in [9.17, 15) is 0 Å². The Morgan fingerprint density at radius 3 is 2.67 bits per heavy atom. The number of benzene rings is 1. The third-order valence-electron chi connectivity index (χ3n) is 2.96. The number of nitrogens with two attached hydrogens (primary N) is 1. The molecule has 18 heavy (non-hydrogen) atoms. The summed E-state index contributed by atoms with van der Waals surface area (Å²) in [7, 11) is 0. The van der Waals surface area contributed by atoms with Crippen LogP contribution in [0.2, 0.25) is 5.02 Å². The molecule has 0 spiro atoms. The van der Waals surface area contributed by atoms with Gasteiger partial charge in [-0.2, -0.15) is 5.10 Å². The van der Waals surface area contributed by atoms with Crippen molar-refractivity contribution in [3.8, 4) is 0 Å². The quantitative estimate of drug-likeness (QED) is 0.644. The van der Waals surface area contributed by atoms with Crippen molar-refractivity contribution >= 4 is 11.6 Å². The minimum absolute atomic E-state index is 0.0497. The summed E-state index contributed by atoms with van der Waals surface area (Å²) in [5, 5.41) is 5.00. The minimum Gasteiger partial charge on any atom is -0.271 e. The molecule has 0 aliphatic heterocycles. The molecule has 0 saturated heterocycles. The highest BCUT2D eigenvalue weighted by atomic mass is 35.5. The zero-order chi connectivity index (χ0) is 13.0. The Bertz CT molecular complexity index is 492. The molecule has 0 aliphatic carbocycles. The number of hydrazine groups is 1. The molecule has 5 heteroatoms. The van der Waals surface area contributed by atoms with Crippen LogP contribution in [0.4, 0.5) is 0 Å². The van der Waals surface area contributed by atoms with E-state index in [0.29, 0.717) is 0 Å². The van der Waals surface area contributed by atoms with Gasteiger partial charge in [-0.1, -0.05) is 23.7 Å². The fraction of sp³-hybridized carbons (Fsp3) is 0.308. The number of aromatic nitrogens is 2. The van der Waals surface area contributed by atoms with Gasteiger partial charge in [0.05, 0.1) is 11.7 Å². The maximum absolute atomic E-state index is 5.87. The molecule has 2 aromatic rings. The van der Waals surface area contributed by atoms with E-state index in [-0.39, 0.29) is 6.04 Å². The van der Waals surface area contributed by atoms with Gasteiger partial charge in [0, 0.05) is 17.8 Å². The van der Waals surface area contributed by atoms with Crippen molar-refractivity contribution in [3.63, 3.8) is 0 Å². The molecule has 3 N–H and O–H groups in total. The first kappa shape index (κ1) is 13.1. The Kier molecular flexibility index (Phi) is 4.36. The van der Waals surface area contributed by atoms with Crippen molar-refractivity contribution in [1.82, 2.24) is 15.2 Å². The molecule has 0 aliphatic rings. The average Bonchev–Trinajstić information content (AvgIpc) is 2.86. The van der Waals surface area contributed by atoms with Crippen LogP contribution in [0.1, 0.15) is 24.2 Å². The van der Waals surface area contributed by atoms with Gasteiger partial charge >= 0.3 is 0 Å². The van der Waals surface area contributed by atoms with Crippen molar-refractivity contribution in [1.29, 1.82) is 0 Å². The zero-order valence-electron chi connectivity index (χ0n) is 10.3. The van der Waals surface area contributed by atoms with Crippen molar-refractivity contribution in [3.05, 3.63) is 52.8 Å². The van der Waals surface area contributed by atoms with E-state index >= 15 is 0 Å². The Hall–Kier alpha value is -1.36. The SMILES string of the molecule is CCn1nccc1C(Cc1ccc(Cl)cc1)NN. The number of hydrogen-bond acceptors (Lipinski definition) is 3. The second-order valence-corrected chi connectivity index (χ2v) is 4.56. The van der Waals surface area contributed by atoms with Gasteiger partial charge in [0.25, 0.3) is 0 Å². The molecule has 0 saturated carbocycles. The van der Waals surface area contributed by atoms with Gasteiger partial charge in [0.1, 0.15) is 0 Å². The lowest BCUT2D eigenvalue weighted by Gasteiger charge is -2.17. The standard InChI is InChI=1S/C13H17ClN4/c1-2-18-13(7-8-16-18)12(17-15)9-10-3-5-11(14)6-4-10/h3-8,12,17H,2,9,15H2,1H3. The molecule has 0 radical (unpaired) electrons. The summed E-state index contributed by atoms with van der Waals surface area (Å²) in [6.45, 7) is 2.90. The second kappa shape index (κ2) is 6.00. The maximum atomic E-state index is 5.87. The Morgan fingerprint density at radius 1 is 1.33 bits per heavy atom. The van der Waals surface area contributed by atoms with E-state index < -0.39 is 0 Å². The molecular weight excluding hydrogens is 248 g/mol. The second-order valence-electron chi connectivity index (χ2n) is 4.12. The highest BCUT2D eigenvalue weighted by molar-refractivity contribution is 6.30. The monoisotopic (exact) mass is 264 g/mol. The van der Waals surface area contributed by atoms with Crippen molar-refractivity contribution in [2.24, 2.45) is 5.84 Å². The number of aryl methyl sites for hydroxylation is 1. The molecule has 1 aromatic carbocycles. The lowest BCUT2D eigenvalue weighted by molar-refractivity contribution is 0.490. The largest absolute Gasteiger partial charge is 0.271 e. The summed E-state index contributed by atoms with van der Waals surface area (Å²) >= 11 is 5.87. The van der Waals surface area contributed by atoms with Crippen molar-refractivity contribution < 1.29 is 0 Å². The number of nitrogens with one attached hydrogen (secondary N) is 1. The van der Waals surface area contributed by atoms with Crippen molar-refractivity contribution in [2.75, 3.05) is 0 Å². The van der Waals surface area contributed by atoms with Gasteiger partial charge in [0.15, 0.2) is 0 Å². The van der Waals surface area contributed by atoms with Crippen LogP contribution in [-0.4, -0.2) is 9.78 Å². The lowest BCUT2D eigenvalue weighted by Crippen LogP contribution is -2.31.